The van der Waals surface area contributed by atoms with E-state index in [4.69, 9.17) is 17.3 Å². The summed E-state index contributed by atoms with van der Waals surface area (Å²) in [5.41, 5.74) is 8.08. The summed E-state index contributed by atoms with van der Waals surface area (Å²) in [6, 6.07) is 4.10. The van der Waals surface area contributed by atoms with E-state index >= 15 is 0 Å². The third-order valence-electron chi connectivity index (χ3n) is 4.14. The van der Waals surface area contributed by atoms with Gasteiger partial charge in [0.05, 0.1) is 10.7 Å². The predicted molar refractivity (Wildman–Crippen MR) is 89.1 cm³/mol. The second-order valence-corrected chi connectivity index (χ2v) is 6.28. The first-order valence-electron chi connectivity index (χ1n) is 7.23. The summed E-state index contributed by atoms with van der Waals surface area (Å²) in [4.78, 5) is 7.11. The topological polar surface area (TPSA) is 46.6 Å². The molecule has 3 heterocycles. The molecule has 2 unspecified atom stereocenters. The molecule has 21 heavy (non-hydrogen) atoms. The molecular weight excluding hydrogens is 307 g/mol. The number of halogens is 2. The number of fused-ring (bicyclic) bond motifs is 1. The van der Waals surface area contributed by atoms with Gasteiger partial charge < -0.3 is 10.1 Å². The molecular formula is C15H22Cl2N4. The molecule has 0 radical (unpaired) electrons. The lowest BCUT2D eigenvalue weighted by molar-refractivity contribution is 0.153. The highest BCUT2D eigenvalue weighted by atomic mass is 35.5. The summed E-state index contributed by atoms with van der Waals surface area (Å²) in [7, 11) is 0. The van der Waals surface area contributed by atoms with Gasteiger partial charge in [-0.15, -0.1) is 12.4 Å². The molecule has 1 aliphatic rings. The number of aromatic nitrogens is 2. The first kappa shape index (κ1) is 16.6. The molecule has 1 saturated heterocycles. The lowest BCUT2D eigenvalue weighted by Crippen LogP contribution is -2.41. The van der Waals surface area contributed by atoms with Crippen LogP contribution < -0.4 is 5.73 Å². The van der Waals surface area contributed by atoms with E-state index in [0.29, 0.717) is 5.92 Å². The third-order valence-corrected chi connectivity index (χ3v) is 4.36. The largest absolute Gasteiger partial charge is 0.328 e. The van der Waals surface area contributed by atoms with Gasteiger partial charge >= 0.3 is 0 Å². The van der Waals surface area contributed by atoms with Crippen molar-refractivity contribution in [2.75, 3.05) is 13.1 Å². The Morgan fingerprint density at radius 1 is 1.43 bits per heavy atom. The van der Waals surface area contributed by atoms with Crippen molar-refractivity contribution in [2.45, 2.75) is 32.4 Å². The molecule has 2 aromatic rings. The Morgan fingerprint density at radius 3 is 3.00 bits per heavy atom. The van der Waals surface area contributed by atoms with Gasteiger partial charge in [0.1, 0.15) is 5.65 Å². The zero-order chi connectivity index (χ0) is 14.1. The molecule has 4 nitrogen and oxygen atoms in total. The lowest BCUT2D eigenvalue weighted by atomic mass is 9.92. The predicted octanol–water partition coefficient (Wildman–Crippen LogP) is 2.97. The average molecular weight is 329 g/mol. The van der Waals surface area contributed by atoms with Gasteiger partial charge in [0.2, 0.25) is 0 Å². The molecule has 0 aliphatic carbocycles. The molecule has 2 N–H and O–H groups in total. The highest BCUT2D eigenvalue weighted by Crippen LogP contribution is 2.20. The van der Waals surface area contributed by atoms with Crippen molar-refractivity contribution in [1.82, 2.24) is 14.3 Å². The summed E-state index contributed by atoms with van der Waals surface area (Å²) in [5, 5.41) is 0.733. The third kappa shape index (κ3) is 3.89. The second-order valence-electron chi connectivity index (χ2n) is 5.84. The van der Waals surface area contributed by atoms with E-state index in [0.717, 1.165) is 36.0 Å². The van der Waals surface area contributed by atoms with Crippen LogP contribution in [0.1, 0.15) is 25.5 Å². The molecule has 2 aromatic heterocycles. The monoisotopic (exact) mass is 328 g/mol. The maximum absolute atomic E-state index is 6.04. The van der Waals surface area contributed by atoms with E-state index in [2.05, 4.69) is 23.0 Å². The fourth-order valence-corrected chi connectivity index (χ4v) is 3.15. The summed E-state index contributed by atoms with van der Waals surface area (Å²) in [6.07, 6.45) is 6.44. The fraction of sp³-hybridized carbons (Fsp3) is 0.533. The Kier molecular flexibility index (Phi) is 5.49. The van der Waals surface area contributed by atoms with Crippen LogP contribution in [0.3, 0.4) is 0 Å². The lowest BCUT2D eigenvalue weighted by Gasteiger charge is -2.34. The van der Waals surface area contributed by atoms with Gasteiger partial charge in [-0.3, -0.25) is 4.90 Å². The first-order chi connectivity index (χ1) is 9.61. The van der Waals surface area contributed by atoms with E-state index in [1.807, 2.05) is 22.7 Å². The van der Waals surface area contributed by atoms with Gasteiger partial charge in [-0.1, -0.05) is 11.6 Å². The molecule has 1 aliphatic heterocycles. The maximum Gasteiger partial charge on any atom is 0.137 e. The summed E-state index contributed by atoms with van der Waals surface area (Å²) in [6.45, 7) is 5.22. The van der Waals surface area contributed by atoms with Crippen LogP contribution in [0.5, 0.6) is 0 Å². The normalized spacial score (nSPS) is 21.2. The average Bonchev–Trinajstić information content (AvgIpc) is 2.80. The minimum absolute atomic E-state index is 0. The zero-order valence-electron chi connectivity index (χ0n) is 12.2. The van der Waals surface area contributed by atoms with Crippen LogP contribution >= 0.6 is 24.0 Å². The Labute approximate surface area is 136 Å². The number of likely N-dealkylation sites (tertiary alicyclic amines) is 1. The van der Waals surface area contributed by atoms with Crippen molar-refractivity contribution in [3.63, 3.8) is 0 Å². The highest BCUT2D eigenvalue weighted by Gasteiger charge is 2.23. The van der Waals surface area contributed by atoms with Crippen molar-refractivity contribution < 1.29 is 0 Å². The molecule has 2 atom stereocenters. The molecule has 0 spiro atoms. The molecule has 116 valence electrons. The number of hydrogen-bond donors (Lipinski definition) is 1. The SMILES string of the molecule is CC(N)C1CCCN(Cc2cn3cc(Cl)ccc3n2)C1.Cl. The van der Waals surface area contributed by atoms with Crippen LogP contribution in [0, 0.1) is 5.92 Å². The van der Waals surface area contributed by atoms with E-state index < -0.39 is 0 Å². The number of piperidine rings is 1. The Bertz CT molecular complexity index is 596. The van der Waals surface area contributed by atoms with E-state index in [-0.39, 0.29) is 18.4 Å². The molecule has 6 heteroatoms. The van der Waals surface area contributed by atoms with Gasteiger partial charge in [0, 0.05) is 31.5 Å². The molecule has 0 aromatic carbocycles. The van der Waals surface area contributed by atoms with Crippen LogP contribution in [-0.4, -0.2) is 33.4 Å². The number of imidazole rings is 1. The molecule has 3 rings (SSSR count). The number of rotatable bonds is 3. The highest BCUT2D eigenvalue weighted by molar-refractivity contribution is 6.30. The second kappa shape index (κ2) is 6.97. The Morgan fingerprint density at radius 2 is 2.24 bits per heavy atom. The smallest absolute Gasteiger partial charge is 0.137 e. The minimum Gasteiger partial charge on any atom is -0.328 e. The van der Waals surface area contributed by atoms with Gasteiger partial charge in [0.25, 0.3) is 0 Å². The number of hydrogen-bond acceptors (Lipinski definition) is 3. The molecule has 0 bridgehead atoms. The summed E-state index contributed by atoms with van der Waals surface area (Å²) >= 11 is 6.00. The van der Waals surface area contributed by atoms with Crippen molar-refractivity contribution in [3.8, 4) is 0 Å². The standard InChI is InChI=1S/C15H21ClN4.ClH/c1-11(17)12-3-2-6-19(7-12)9-14-10-20-8-13(16)4-5-15(20)18-14;/h4-5,8,10-12H,2-3,6-7,9,17H2,1H3;1H. The minimum atomic E-state index is 0. The van der Waals surface area contributed by atoms with Gasteiger partial charge in [0.15, 0.2) is 0 Å². The number of nitrogens with two attached hydrogens (primary N) is 1. The number of nitrogens with zero attached hydrogens (tertiary/aromatic N) is 3. The Balaban J connectivity index is 0.00000161. The Hall–Kier alpha value is -0.810. The van der Waals surface area contributed by atoms with Crippen molar-refractivity contribution in [1.29, 1.82) is 0 Å². The van der Waals surface area contributed by atoms with Crippen molar-refractivity contribution >= 4 is 29.7 Å². The van der Waals surface area contributed by atoms with Crippen LogP contribution in [0.25, 0.3) is 5.65 Å². The van der Waals surface area contributed by atoms with E-state index in [9.17, 15) is 0 Å². The van der Waals surface area contributed by atoms with Crippen molar-refractivity contribution in [2.24, 2.45) is 11.7 Å². The molecule has 1 fully saturated rings. The first-order valence-corrected chi connectivity index (χ1v) is 7.60. The number of pyridine rings is 1. The fourth-order valence-electron chi connectivity index (χ4n) is 2.99. The van der Waals surface area contributed by atoms with Crippen LogP contribution in [0.4, 0.5) is 0 Å². The zero-order valence-corrected chi connectivity index (χ0v) is 13.8. The quantitative estimate of drug-likeness (QED) is 0.942. The van der Waals surface area contributed by atoms with Crippen molar-refractivity contribution in [3.05, 3.63) is 35.2 Å². The van der Waals surface area contributed by atoms with Crippen LogP contribution in [0.2, 0.25) is 5.02 Å². The molecule has 0 saturated carbocycles. The molecule has 0 amide bonds. The van der Waals surface area contributed by atoms with Crippen LogP contribution in [0.15, 0.2) is 24.5 Å². The summed E-state index contributed by atoms with van der Waals surface area (Å²) < 4.78 is 1.99. The van der Waals surface area contributed by atoms with Gasteiger partial charge in [-0.2, -0.15) is 0 Å². The maximum atomic E-state index is 6.04. The van der Waals surface area contributed by atoms with Gasteiger partial charge in [-0.05, 0) is 44.4 Å². The van der Waals surface area contributed by atoms with E-state index in [1.54, 1.807) is 0 Å². The van der Waals surface area contributed by atoms with Gasteiger partial charge in [-0.25, -0.2) is 4.98 Å². The van der Waals surface area contributed by atoms with Crippen LogP contribution in [-0.2, 0) is 6.54 Å². The summed E-state index contributed by atoms with van der Waals surface area (Å²) in [5.74, 6) is 0.607. The van der Waals surface area contributed by atoms with E-state index in [1.165, 1.54) is 12.8 Å².